The average molecular weight is 369 g/mol. The van der Waals surface area contributed by atoms with E-state index in [0.717, 1.165) is 40.2 Å². The van der Waals surface area contributed by atoms with Crippen molar-refractivity contribution >= 4 is 49.1 Å². The molecule has 0 spiro atoms. The molecule has 7 heteroatoms. The summed E-state index contributed by atoms with van der Waals surface area (Å²) in [5.41, 5.74) is 2.53. The number of fused-ring (bicyclic) bond motifs is 3. The van der Waals surface area contributed by atoms with Crippen molar-refractivity contribution in [1.29, 1.82) is 0 Å². The lowest BCUT2D eigenvalue weighted by molar-refractivity contribution is 0.620. The van der Waals surface area contributed by atoms with E-state index in [1.54, 1.807) is 23.0 Å². The first kappa shape index (κ1) is 14.9. The van der Waals surface area contributed by atoms with Crippen molar-refractivity contribution in [2.45, 2.75) is 6.42 Å². The Morgan fingerprint density at radius 2 is 1.88 bits per heavy atom. The molecule has 0 radical (unpaired) electrons. The van der Waals surface area contributed by atoms with Crippen LogP contribution >= 0.6 is 22.9 Å². The van der Waals surface area contributed by atoms with Gasteiger partial charge in [-0.05, 0) is 36.8 Å². The average Bonchev–Trinajstić information content (AvgIpc) is 2.95. The van der Waals surface area contributed by atoms with Crippen LogP contribution in [0.15, 0.2) is 47.7 Å². The highest BCUT2D eigenvalue weighted by Crippen LogP contribution is 2.37. The van der Waals surface area contributed by atoms with Crippen molar-refractivity contribution in [2.24, 2.45) is 0 Å². The molecule has 5 nitrogen and oxygen atoms in total. The van der Waals surface area contributed by atoms with Crippen molar-refractivity contribution in [3.63, 3.8) is 0 Å². The maximum absolute atomic E-state index is 13.0. The summed E-state index contributed by atoms with van der Waals surface area (Å²) < 4.78 is 2.19. The summed E-state index contributed by atoms with van der Waals surface area (Å²) in [5, 5.41) is 1.62. The highest BCUT2D eigenvalue weighted by atomic mass is 35.5. The molecular weight excluding hydrogens is 356 g/mol. The minimum absolute atomic E-state index is 0.0788. The summed E-state index contributed by atoms with van der Waals surface area (Å²) in [6, 6.07) is 9.17. The van der Waals surface area contributed by atoms with Crippen molar-refractivity contribution in [3.8, 4) is 5.69 Å². The molecule has 0 saturated carbocycles. The number of hydrogen-bond acceptors (Lipinski definition) is 5. The third kappa shape index (κ3) is 2.25. The van der Waals surface area contributed by atoms with Gasteiger partial charge in [0.05, 0.1) is 16.8 Å². The first-order chi connectivity index (χ1) is 12.2. The Bertz CT molecular complexity index is 1160. The molecule has 0 unspecified atom stereocenters. The molecule has 3 aromatic heterocycles. The van der Waals surface area contributed by atoms with E-state index in [2.05, 4.69) is 14.9 Å². The zero-order chi connectivity index (χ0) is 17.0. The van der Waals surface area contributed by atoms with Gasteiger partial charge in [-0.3, -0.25) is 9.36 Å². The smallest absolute Gasteiger partial charge is 0.275 e. The van der Waals surface area contributed by atoms with Crippen LogP contribution in [0.25, 0.3) is 26.1 Å². The van der Waals surface area contributed by atoms with Crippen molar-refractivity contribution in [3.05, 3.63) is 58.2 Å². The zero-order valence-electron chi connectivity index (χ0n) is 13.1. The number of anilines is 1. The van der Waals surface area contributed by atoms with Crippen LogP contribution in [0.3, 0.4) is 0 Å². The Hall–Kier alpha value is -2.44. The van der Waals surface area contributed by atoms with E-state index in [0.29, 0.717) is 9.72 Å². The summed E-state index contributed by atoms with van der Waals surface area (Å²) in [4.78, 5) is 25.2. The number of rotatable bonds is 2. The van der Waals surface area contributed by atoms with Gasteiger partial charge in [0.15, 0.2) is 0 Å². The van der Waals surface area contributed by atoms with Gasteiger partial charge in [-0.15, -0.1) is 11.3 Å². The first-order valence-electron chi connectivity index (χ1n) is 8.02. The standard InChI is InChI=1S/C18H13ClN4OS/c19-11-2-4-12(5-3-11)23-10-21-15-14-13(22-8-1-9-22)6-7-20-17(14)25-16(15)18(23)24/h2-7,10H,1,8-9H2. The quantitative estimate of drug-likeness (QED) is 0.539. The second-order valence-electron chi connectivity index (χ2n) is 6.03. The second kappa shape index (κ2) is 5.54. The lowest BCUT2D eigenvalue weighted by Crippen LogP contribution is -2.37. The predicted octanol–water partition coefficient (Wildman–Crippen LogP) is 3.86. The van der Waals surface area contributed by atoms with Crippen LogP contribution < -0.4 is 10.5 Å². The maximum atomic E-state index is 13.0. The Kier molecular flexibility index (Phi) is 3.29. The van der Waals surface area contributed by atoms with E-state index < -0.39 is 0 Å². The Morgan fingerprint density at radius 1 is 1.08 bits per heavy atom. The molecular formula is C18H13ClN4OS. The topological polar surface area (TPSA) is 51.0 Å². The lowest BCUT2D eigenvalue weighted by atomic mass is 10.1. The molecule has 1 aromatic carbocycles. The zero-order valence-corrected chi connectivity index (χ0v) is 14.7. The van der Waals surface area contributed by atoms with Gasteiger partial charge in [0, 0.05) is 24.3 Å². The number of aromatic nitrogens is 3. The number of pyridine rings is 1. The largest absolute Gasteiger partial charge is 0.371 e. The molecule has 4 heterocycles. The van der Waals surface area contributed by atoms with Crippen LogP contribution in [-0.2, 0) is 0 Å². The molecule has 1 aliphatic heterocycles. The van der Waals surface area contributed by atoms with Crippen LogP contribution in [0.2, 0.25) is 5.02 Å². The third-order valence-electron chi connectivity index (χ3n) is 4.56. The highest BCUT2D eigenvalue weighted by Gasteiger charge is 2.22. The molecule has 0 atom stereocenters. The highest BCUT2D eigenvalue weighted by molar-refractivity contribution is 7.25. The van der Waals surface area contributed by atoms with Crippen LogP contribution in [-0.4, -0.2) is 27.6 Å². The predicted molar refractivity (Wildman–Crippen MR) is 102 cm³/mol. The van der Waals surface area contributed by atoms with Gasteiger partial charge >= 0.3 is 0 Å². The number of hydrogen-bond donors (Lipinski definition) is 0. The summed E-state index contributed by atoms with van der Waals surface area (Å²) in [5.74, 6) is 0. The van der Waals surface area contributed by atoms with E-state index in [-0.39, 0.29) is 5.56 Å². The summed E-state index contributed by atoms with van der Waals surface area (Å²) in [6.45, 7) is 2.08. The molecule has 1 saturated heterocycles. The Morgan fingerprint density at radius 3 is 2.60 bits per heavy atom. The summed E-state index contributed by atoms with van der Waals surface area (Å²) in [6.07, 6.45) is 4.60. The maximum Gasteiger partial charge on any atom is 0.275 e. The number of nitrogens with zero attached hydrogens (tertiary/aromatic N) is 4. The normalized spacial score (nSPS) is 14.2. The molecule has 1 aliphatic rings. The molecule has 5 rings (SSSR count). The Balaban J connectivity index is 1.78. The molecule has 1 fully saturated rings. The minimum Gasteiger partial charge on any atom is -0.371 e. The van der Waals surface area contributed by atoms with Gasteiger partial charge in [-0.25, -0.2) is 9.97 Å². The molecule has 25 heavy (non-hydrogen) atoms. The fourth-order valence-corrected chi connectivity index (χ4v) is 4.32. The van der Waals surface area contributed by atoms with E-state index in [9.17, 15) is 4.79 Å². The molecule has 4 aromatic rings. The SMILES string of the molecule is O=c1c2sc3nccc(N4CCC4)c3c2ncn1-c1ccc(Cl)cc1. The molecule has 124 valence electrons. The van der Waals surface area contributed by atoms with Crippen molar-refractivity contribution in [2.75, 3.05) is 18.0 Å². The first-order valence-corrected chi connectivity index (χ1v) is 9.21. The van der Waals surface area contributed by atoms with Gasteiger partial charge in [0.1, 0.15) is 21.4 Å². The van der Waals surface area contributed by atoms with Gasteiger partial charge in [-0.1, -0.05) is 11.6 Å². The molecule has 0 bridgehead atoms. The van der Waals surface area contributed by atoms with Crippen molar-refractivity contribution in [1.82, 2.24) is 14.5 Å². The van der Waals surface area contributed by atoms with Gasteiger partial charge in [0.2, 0.25) is 0 Å². The lowest BCUT2D eigenvalue weighted by Gasteiger charge is -2.33. The van der Waals surface area contributed by atoms with E-state index >= 15 is 0 Å². The molecule has 0 amide bonds. The van der Waals surface area contributed by atoms with Crippen LogP contribution in [0.5, 0.6) is 0 Å². The molecule has 0 aliphatic carbocycles. The minimum atomic E-state index is -0.0788. The van der Waals surface area contributed by atoms with Gasteiger partial charge < -0.3 is 4.90 Å². The fourth-order valence-electron chi connectivity index (χ4n) is 3.14. The summed E-state index contributed by atoms with van der Waals surface area (Å²) >= 11 is 7.35. The number of benzene rings is 1. The van der Waals surface area contributed by atoms with Crippen LogP contribution in [0.1, 0.15) is 6.42 Å². The Labute approximate surface area is 152 Å². The van der Waals surface area contributed by atoms with Crippen LogP contribution in [0.4, 0.5) is 5.69 Å². The van der Waals surface area contributed by atoms with E-state index in [4.69, 9.17) is 11.6 Å². The number of halogens is 1. The molecule has 0 N–H and O–H groups in total. The van der Waals surface area contributed by atoms with Gasteiger partial charge in [-0.2, -0.15) is 0 Å². The number of thiophene rings is 1. The van der Waals surface area contributed by atoms with E-state index in [1.807, 2.05) is 24.4 Å². The monoisotopic (exact) mass is 368 g/mol. The fraction of sp³-hybridized carbons (Fsp3) is 0.167. The van der Waals surface area contributed by atoms with Crippen LogP contribution in [0, 0.1) is 0 Å². The van der Waals surface area contributed by atoms with E-state index in [1.165, 1.54) is 17.8 Å². The van der Waals surface area contributed by atoms with Gasteiger partial charge in [0.25, 0.3) is 5.56 Å². The third-order valence-corrected chi connectivity index (χ3v) is 5.89. The summed E-state index contributed by atoms with van der Waals surface area (Å²) in [7, 11) is 0. The second-order valence-corrected chi connectivity index (χ2v) is 7.46. The van der Waals surface area contributed by atoms with Crippen molar-refractivity contribution < 1.29 is 0 Å².